The van der Waals surface area contributed by atoms with Gasteiger partial charge in [0, 0.05) is 23.2 Å². The van der Waals surface area contributed by atoms with Crippen LogP contribution in [0.25, 0.3) is 0 Å². The highest BCUT2D eigenvalue weighted by atomic mass is 35.5. The molecule has 3 rings (SSSR count). The van der Waals surface area contributed by atoms with Gasteiger partial charge in [-0.25, -0.2) is 4.98 Å². The lowest BCUT2D eigenvalue weighted by molar-refractivity contribution is 0.0890. The fourth-order valence-corrected chi connectivity index (χ4v) is 3.44. The van der Waals surface area contributed by atoms with Crippen LogP contribution in [0.15, 0.2) is 12.1 Å². The average Bonchev–Trinajstić information content (AvgIpc) is 2.26. The summed E-state index contributed by atoms with van der Waals surface area (Å²) < 4.78 is 5.93. The van der Waals surface area contributed by atoms with Crippen molar-refractivity contribution in [2.75, 3.05) is 0 Å². The monoisotopic (exact) mass is 286 g/mol. The van der Waals surface area contributed by atoms with Gasteiger partial charge < -0.3 is 10.1 Å². The van der Waals surface area contributed by atoms with E-state index >= 15 is 0 Å². The SMILES string of the molecule is Clc1cc(Cl)nc(O[C@@H]2C[C@H]3CCC[C@@H](C2)N3)c1. The number of piperidine rings is 2. The smallest absolute Gasteiger partial charge is 0.216 e. The molecule has 0 saturated carbocycles. The molecule has 3 atom stereocenters. The summed E-state index contributed by atoms with van der Waals surface area (Å²) in [5, 5.41) is 4.59. The van der Waals surface area contributed by atoms with Crippen molar-refractivity contribution in [2.45, 2.75) is 50.3 Å². The van der Waals surface area contributed by atoms with E-state index in [0.29, 0.717) is 28.1 Å². The van der Waals surface area contributed by atoms with Gasteiger partial charge in [-0.1, -0.05) is 29.6 Å². The van der Waals surface area contributed by atoms with Gasteiger partial charge in [-0.2, -0.15) is 0 Å². The maximum Gasteiger partial charge on any atom is 0.216 e. The van der Waals surface area contributed by atoms with Crippen molar-refractivity contribution in [3.63, 3.8) is 0 Å². The van der Waals surface area contributed by atoms with E-state index in [0.717, 1.165) is 12.8 Å². The lowest BCUT2D eigenvalue weighted by Gasteiger charge is -2.40. The zero-order chi connectivity index (χ0) is 12.5. The van der Waals surface area contributed by atoms with Gasteiger partial charge >= 0.3 is 0 Å². The van der Waals surface area contributed by atoms with E-state index in [1.165, 1.54) is 19.3 Å². The van der Waals surface area contributed by atoms with Gasteiger partial charge in [-0.05, 0) is 31.7 Å². The summed E-state index contributed by atoms with van der Waals surface area (Å²) in [5.74, 6) is 0.539. The lowest BCUT2D eigenvalue weighted by atomic mass is 9.85. The van der Waals surface area contributed by atoms with Crippen LogP contribution in [0.3, 0.4) is 0 Å². The molecule has 1 aromatic rings. The largest absolute Gasteiger partial charge is 0.474 e. The number of ether oxygens (including phenoxy) is 1. The third-order valence-corrected chi connectivity index (χ3v) is 4.11. The molecule has 5 heteroatoms. The summed E-state index contributed by atoms with van der Waals surface area (Å²) in [6.07, 6.45) is 6.14. The second-order valence-electron chi connectivity index (χ2n) is 5.15. The second-order valence-corrected chi connectivity index (χ2v) is 5.97. The van der Waals surface area contributed by atoms with E-state index < -0.39 is 0 Å². The van der Waals surface area contributed by atoms with Gasteiger partial charge in [0.2, 0.25) is 5.88 Å². The first-order chi connectivity index (χ1) is 8.69. The molecule has 2 fully saturated rings. The molecule has 1 aromatic heterocycles. The van der Waals surface area contributed by atoms with Crippen molar-refractivity contribution in [3.8, 4) is 5.88 Å². The molecule has 2 aliphatic rings. The Labute approximate surface area is 117 Å². The molecule has 0 aromatic carbocycles. The van der Waals surface area contributed by atoms with E-state index in [-0.39, 0.29) is 6.10 Å². The van der Waals surface area contributed by atoms with Crippen LogP contribution in [0.5, 0.6) is 5.88 Å². The van der Waals surface area contributed by atoms with Crippen molar-refractivity contribution < 1.29 is 4.74 Å². The summed E-state index contributed by atoms with van der Waals surface area (Å²) in [4.78, 5) is 4.16. The topological polar surface area (TPSA) is 34.1 Å². The van der Waals surface area contributed by atoms with Crippen molar-refractivity contribution >= 4 is 23.2 Å². The summed E-state index contributed by atoms with van der Waals surface area (Å²) in [6, 6.07) is 4.53. The number of nitrogens with one attached hydrogen (secondary N) is 1. The number of pyridine rings is 1. The molecule has 2 bridgehead atoms. The van der Waals surface area contributed by atoms with E-state index in [2.05, 4.69) is 10.3 Å². The maximum atomic E-state index is 5.95. The summed E-state index contributed by atoms with van der Waals surface area (Å²) >= 11 is 11.8. The van der Waals surface area contributed by atoms with Crippen LogP contribution in [0, 0.1) is 0 Å². The van der Waals surface area contributed by atoms with E-state index in [1.807, 2.05) is 0 Å². The quantitative estimate of drug-likeness (QED) is 0.846. The van der Waals surface area contributed by atoms with Crippen LogP contribution in [0.1, 0.15) is 32.1 Å². The van der Waals surface area contributed by atoms with Crippen LogP contribution >= 0.6 is 23.2 Å². The number of hydrogen-bond donors (Lipinski definition) is 1. The first-order valence-corrected chi connectivity index (χ1v) is 7.20. The van der Waals surface area contributed by atoms with E-state index in [4.69, 9.17) is 27.9 Å². The van der Waals surface area contributed by atoms with Gasteiger partial charge in [-0.3, -0.25) is 0 Å². The van der Waals surface area contributed by atoms with E-state index in [9.17, 15) is 0 Å². The number of rotatable bonds is 2. The molecule has 0 radical (unpaired) electrons. The van der Waals surface area contributed by atoms with Crippen molar-refractivity contribution in [3.05, 3.63) is 22.3 Å². The van der Waals surface area contributed by atoms with E-state index in [1.54, 1.807) is 12.1 Å². The summed E-state index contributed by atoms with van der Waals surface area (Å²) in [5.41, 5.74) is 0. The Kier molecular flexibility index (Phi) is 3.64. The highest BCUT2D eigenvalue weighted by Gasteiger charge is 2.32. The predicted octanol–water partition coefficient (Wildman–Crippen LogP) is 3.44. The molecule has 3 nitrogen and oxygen atoms in total. The number of nitrogens with zero attached hydrogens (tertiary/aromatic N) is 1. The molecular weight excluding hydrogens is 271 g/mol. The van der Waals surface area contributed by atoms with Gasteiger partial charge in [0.25, 0.3) is 0 Å². The molecule has 0 spiro atoms. The van der Waals surface area contributed by atoms with Crippen molar-refractivity contribution in [2.24, 2.45) is 0 Å². The minimum atomic E-state index is 0.226. The fraction of sp³-hybridized carbons (Fsp3) is 0.615. The number of aromatic nitrogens is 1. The first-order valence-electron chi connectivity index (χ1n) is 6.45. The maximum absolute atomic E-state index is 5.95. The Bertz CT molecular complexity index is 409. The minimum absolute atomic E-state index is 0.226. The molecule has 0 unspecified atom stereocenters. The average molecular weight is 287 g/mol. The lowest BCUT2D eigenvalue weighted by Crippen LogP contribution is -2.51. The molecular formula is C13H16Cl2N2O. The predicted molar refractivity (Wildman–Crippen MR) is 72.5 cm³/mol. The van der Waals surface area contributed by atoms with Crippen LogP contribution in [-0.4, -0.2) is 23.2 Å². The highest BCUT2D eigenvalue weighted by Crippen LogP contribution is 2.29. The molecule has 2 saturated heterocycles. The molecule has 1 N–H and O–H groups in total. The Hall–Kier alpha value is -0.510. The zero-order valence-corrected chi connectivity index (χ0v) is 11.5. The molecule has 18 heavy (non-hydrogen) atoms. The Morgan fingerprint density at radius 1 is 1.17 bits per heavy atom. The van der Waals surface area contributed by atoms with Crippen LogP contribution in [0.4, 0.5) is 0 Å². The van der Waals surface area contributed by atoms with Crippen molar-refractivity contribution in [1.29, 1.82) is 0 Å². The minimum Gasteiger partial charge on any atom is -0.474 e. The third-order valence-electron chi connectivity index (χ3n) is 3.69. The van der Waals surface area contributed by atoms with Crippen LogP contribution in [-0.2, 0) is 0 Å². The van der Waals surface area contributed by atoms with Crippen LogP contribution in [0.2, 0.25) is 10.2 Å². The second kappa shape index (κ2) is 5.24. The fourth-order valence-electron chi connectivity index (χ4n) is 2.98. The van der Waals surface area contributed by atoms with Gasteiger partial charge in [-0.15, -0.1) is 0 Å². The summed E-state index contributed by atoms with van der Waals surface area (Å²) in [6.45, 7) is 0. The van der Waals surface area contributed by atoms with Crippen LogP contribution < -0.4 is 10.1 Å². The normalized spacial score (nSPS) is 31.1. The molecule has 2 aliphatic heterocycles. The Morgan fingerprint density at radius 2 is 1.89 bits per heavy atom. The number of halogens is 2. The first kappa shape index (κ1) is 12.5. The molecule has 3 heterocycles. The summed E-state index contributed by atoms with van der Waals surface area (Å²) in [7, 11) is 0. The van der Waals surface area contributed by atoms with Gasteiger partial charge in [0.05, 0.1) is 0 Å². The van der Waals surface area contributed by atoms with Gasteiger partial charge in [0.1, 0.15) is 11.3 Å². The number of hydrogen-bond acceptors (Lipinski definition) is 3. The molecule has 0 amide bonds. The molecule has 0 aliphatic carbocycles. The van der Waals surface area contributed by atoms with Gasteiger partial charge in [0.15, 0.2) is 0 Å². The standard InChI is InChI=1S/C13H16Cl2N2O/c14-8-4-12(15)17-13(5-8)18-11-6-9-2-1-3-10(7-11)16-9/h4-5,9-11,16H,1-3,6-7H2/t9-,10+,11-. The molecule has 98 valence electrons. The van der Waals surface area contributed by atoms with Crippen molar-refractivity contribution in [1.82, 2.24) is 10.3 Å². The highest BCUT2D eigenvalue weighted by molar-refractivity contribution is 6.34. The third kappa shape index (κ3) is 2.90. The zero-order valence-electron chi connectivity index (χ0n) is 10.0. The number of fused-ring (bicyclic) bond motifs is 2. The Morgan fingerprint density at radius 3 is 2.56 bits per heavy atom. The Balaban J connectivity index is 1.68.